The summed E-state index contributed by atoms with van der Waals surface area (Å²) in [5, 5.41) is 12.6. The van der Waals surface area contributed by atoms with Gasteiger partial charge in [0, 0.05) is 12.3 Å². The topological polar surface area (TPSA) is 96.0 Å². The second kappa shape index (κ2) is 7.14. The Hall–Kier alpha value is -2.26. The molecule has 3 N–H and O–H groups in total. The Morgan fingerprint density at radius 2 is 2.14 bits per heavy atom. The molecule has 0 saturated heterocycles. The summed E-state index contributed by atoms with van der Waals surface area (Å²) in [7, 11) is 0. The lowest BCUT2D eigenvalue weighted by atomic mass is 9.86. The van der Waals surface area contributed by atoms with E-state index in [9.17, 15) is 14.9 Å². The third-order valence-electron chi connectivity index (χ3n) is 3.51. The number of nitrogens with two attached hydrogens (primary N) is 1. The van der Waals surface area contributed by atoms with Crippen LogP contribution in [-0.4, -0.2) is 17.6 Å². The Kier molecular flexibility index (Phi) is 5.23. The molecule has 0 saturated carbocycles. The third kappa shape index (κ3) is 3.68. The summed E-state index contributed by atoms with van der Waals surface area (Å²) in [5.74, 6) is -0.892. The molecule has 0 aromatic heterocycles. The number of allylic oxidation sites excluding steroid dienone is 1. The van der Waals surface area contributed by atoms with Gasteiger partial charge in [-0.1, -0.05) is 43.0 Å². The van der Waals surface area contributed by atoms with E-state index in [1.54, 1.807) is 0 Å². The number of thioether (sulfide) groups is 1. The zero-order valence-corrected chi connectivity index (χ0v) is 13.1. The van der Waals surface area contributed by atoms with Crippen molar-refractivity contribution >= 4 is 23.6 Å². The molecule has 0 radical (unpaired) electrons. The van der Waals surface area contributed by atoms with E-state index in [4.69, 9.17) is 5.73 Å². The molecule has 0 bridgehead atoms. The third-order valence-corrected chi connectivity index (χ3v) is 4.54. The molecule has 114 valence electrons. The van der Waals surface area contributed by atoms with E-state index < -0.39 is 5.91 Å². The SMILES string of the molecule is CCc1ccc([C@@H]2CC(=O)NC(SCC(N)=O)=C2C#N)cc1. The van der Waals surface area contributed by atoms with Gasteiger partial charge in [0.25, 0.3) is 0 Å². The molecule has 1 aliphatic rings. The fraction of sp³-hybridized carbons (Fsp3) is 0.312. The molecule has 1 heterocycles. The van der Waals surface area contributed by atoms with Crippen molar-refractivity contribution in [2.75, 3.05) is 5.75 Å². The molecule has 0 spiro atoms. The summed E-state index contributed by atoms with van der Waals surface area (Å²) in [6.07, 6.45) is 1.17. The summed E-state index contributed by atoms with van der Waals surface area (Å²) in [4.78, 5) is 22.8. The molecule has 2 amide bonds. The van der Waals surface area contributed by atoms with Crippen molar-refractivity contribution < 1.29 is 9.59 Å². The van der Waals surface area contributed by atoms with Crippen LogP contribution in [0, 0.1) is 11.3 Å². The number of hydrogen-bond donors (Lipinski definition) is 2. The maximum atomic E-state index is 11.9. The monoisotopic (exact) mass is 315 g/mol. The molecule has 1 aliphatic heterocycles. The minimum atomic E-state index is -0.488. The highest BCUT2D eigenvalue weighted by molar-refractivity contribution is 8.03. The van der Waals surface area contributed by atoms with Gasteiger partial charge in [-0.15, -0.1) is 0 Å². The van der Waals surface area contributed by atoms with Crippen LogP contribution in [0.25, 0.3) is 0 Å². The molecule has 6 heteroatoms. The first kappa shape index (κ1) is 16.1. The fourth-order valence-electron chi connectivity index (χ4n) is 2.35. The number of carbonyl (C=O) groups excluding carboxylic acids is 2. The minimum absolute atomic E-state index is 0.0300. The smallest absolute Gasteiger partial charge is 0.227 e. The van der Waals surface area contributed by atoms with Gasteiger partial charge < -0.3 is 11.1 Å². The first-order valence-corrected chi connectivity index (χ1v) is 7.97. The summed E-state index contributed by atoms with van der Waals surface area (Å²) in [5.41, 5.74) is 7.75. The second-order valence-corrected chi connectivity index (χ2v) is 6.00. The maximum absolute atomic E-state index is 11.9. The molecule has 0 aliphatic carbocycles. The average Bonchev–Trinajstić information content (AvgIpc) is 2.52. The molecule has 0 unspecified atom stereocenters. The number of rotatable bonds is 5. The Morgan fingerprint density at radius 1 is 1.45 bits per heavy atom. The maximum Gasteiger partial charge on any atom is 0.227 e. The lowest BCUT2D eigenvalue weighted by Crippen LogP contribution is -2.31. The molecule has 5 nitrogen and oxygen atoms in total. The lowest BCUT2D eigenvalue weighted by Gasteiger charge is -2.25. The highest BCUT2D eigenvalue weighted by atomic mass is 32.2. The summed E-state index contributed by atoms with van der Waals surface area (Å²) < 4.78 is 0. The Balaban J connectivity index is 2.34. The van der Waals surface area contributed by atoms with Crippen LogP contribution in [0.5, 0.6) is 0 Å². The van der Waals surface area contributed by atoms with Crippen molar-refractivity contribution in [3.8, 4) is 6.07 Å². The fourth-order valence-corrected chi connectivity index (χ4v) is 3.16. The van der Waals surface area contributed by atoms with Crippen LogP contribution in [0.2, 0.25) is 0 Å². The number of primary amides is 1. The second-order valence-electron chi connectivity index (χ2n) is 5.01. The predicted octanol–water partition coefficient (Wildman–Crippen LogP) is 1.81. The van der Waals surface area contributed by atoms with Crippen molar-refractivity contribution in [2.24, 2.45) is 5.73 Å². The summed E-state index contributed by atoms with van der Waals surface area (Å²) >= 11 is 1.10. The van der Waals surface area contributed by atoms with Crippen LogP contribution in [0.15, 0.2) is 34.9 Å². The lowest BCUT2D eigenvalue weighted by molar-refractivity contribution is -0.121. The van der Waals surface area contributed by atoms with Gasteiger partial charge in [0.15, 0.2) is 0 Å². The normalized spacial score (nSPS) is 17.8. The van der Waals surface area contributed by atoms with E-state index in [1.807, 2.05) is 24.3 Å². The Morgan fingerprint density at radius 3 is 2.68 bits per heavy atom. The largest absolute Gasteiger partial charge is 0.369 e. The van der Waals surface area contributed by atoms with Crippen LogP contribution < -0.4 is 11.1 Å². The first-order chi connectivity index (χ1) is 10.5. The van der Waals surface area contributed by atoms with E-state index in [0.717, 1.165) is 23.7 Å². The average molecular weight is 315 g/mol. The van der Waals surface area contributed by atoms with Gasteiger partial charge in [-0.25, -0.2) is 0 Å². The van der Waals surface area contributed by atoms with Crippen molar-refractivity contribution in [3.63, 3.8) is 0 Å². The Labute approximate surface area is 133 Å². The van der Waals surface area contributed by atoms with Crippen LogP contribution in [0.1, 0.15) is 30.4 Å². The molecule has 1 aromatic carbocycles. The zero-order chi connectivity index (χ0) is 16.1. The number of nitrogens with one attached hydrogen (secondary N) is 1. The Bertz CT molecular complexity index is 659. The van der Waals surface area contributed by atoms with Crippen LogP contribution in [0.4, 0.5) is 0 Å². The molecule has 0 fully saturated rings. The van der Waals surface area contributed by atoms with Gasteiger partial charge >= 0.3 is 0 Å². The number of amides is 2. The number of hydrogen-bond acceptors (Lipinski definition) is 4. The van der Waals surface area contributed by atoms with Gasteiger partial charge in [0.1, 0.15) is 0 Å². The van der Waals surface area contributed by atoms with Crippen LogP contribution >= 0.6 is 11.8 Å². The van der Waals surface area contributed by atoms with Gasteiger partial charge in [-0.3, -0.25) is 9.59 Å². The van der Waals surface area contributed by atoms with Gasteiger partial charge in [0.05, 0.1) is 22.4 Å². The summed E-state index contributed by atoms with van der Waals surface area (Å²) in [6.45, 7) is 2.07. The van der Waals surface area contributed by atoms with Crippen LogP contribution in [-0.2, 0) is 16.0 Å². The number of carbonyl (C=O) groups is 2. The standard InChI is InChI=1S/C16H17N3O2S/c1-2-10-3-5-11(6-4-10)12-7-15(21)19-16(13(12)8-17)22-9-14(18)20/h3-6,12H,2,7,9H2,1H3,(H2,18,20)(H,19,21)/t12-/m0/s1. The zero-order valence-electron chi connectivity index (χ0n) is 12.3. The molecular formula is C16H17N3O2S. The number of aryl methyl sites for hydroxylation is 1. The van der Waals surface area contributed by atoms with Crippen molar-refractivity contribution in [1.29, 1.82) is 5.26 Å². The number of nitriles is 1. The molecule has 22 heavy (non-hydrogen) atoms. The first-order valence-electron chi connectivity index (χ1n) is 6.99. The quantitative estimate of drug-likeness (QED) is 0.866. The van der Waals surface area contributed by atoms with E-state index in [2.05, 4.69) is 18.3 Å². The van der Waals surface area contributed by atoms with E-state index in [0.29, 0.717) is 10.6 Å². The predicted molar refractivity (Wildman–Crippen MR) is 85.6 cm³/mol. The van der Waals surface area contributed by atoms with Crippen molar-refractivity contribution in [1.82, 2.24) is 5.32 Å². The van der Waals surface area contributed by atoms with Gasteiger partial charge in [-0.2, -0.15) is 5.26 Å². The van der Waals surface area contributed by atoms with E-state index >= 15 is 0 Å². The van der Waals surface area contributed by atoms with Gasteiger partial charge in [0.2, 0.25) is 11.8 Å². The number of benzene rings is 1. The van der Waals surface area contributed by atoms with Crippen LogP contribution in [0.3, 0.4) is 0 Å². The van der Waals surface area contributed by atoms with Crippen molar-refractivity contribution in [3.05, 3.63) is 46.0 Å². The van der Waals surface area contributed by atoms with Crippen molar-refractivity contribution in [2.45, 2.75) is 25.7 Å². The molecule has 2 rings (SSSR count). The summed E-state index contributed by atoms with van der Waals surface area (Å²) in [6, 6.07) is 10.1. The van der Waals surface area contributed by atoms with E-state index in [1.165, 1.54) is 5.56 Å². The molecule has 1 atom stereocenters. The van der Waals surface area contributed by atoms with E-state index in [-0.39, 0.29) is 24.0 Å². The number of nitrogens with zero attached hydrogens (tertiary/aromatic N) is 1. The van der Waals surface area contributed by atoms with Gasteiger partial charge in [-0.05, 0) is 17.5 Å². The highest BCUT2D eigenvalue weighted by Crippen LogP contribution is 2.35. The minimum Gasteiger partial charge on any atom is -0.369 e. The molecule has 1 aromatic rings. The highest BCUT2D eigenvalue weighted by Gasteiger charge is 2.29. The molecular weight excluding hydrogens is 298 g/mol.